The van der Waals surface area contributed by atoms with Crippen LogP contribution in [0.3, 0.4) is 0 Å². The third kappa shape index (κ3) is 4.56. The minimum Gasteiger partial charge on any atom is -0.405 e. The van der Waals surface area contributed by atoms with Gasteiger partial charge >= 0.3 is 6.36 Å². The summed E-state index contributed by atoms with van der Waals surface area (Å²) in [7, 11) is -3.91. The van der Waals surface area contributed by atoms with E-state index in [4.69, 9.17) is 0 Å². The molecule has 1 N–H and O–H groups in total. The first kappa shape index (κ1) is 20.3. The number of aryl methyl sites for hydroxylation is 2. The van der Waals surface area contributed by atoms with Crippen LogP contribution in [0.15, 0.2) is 35.2 Å². The first-order chi connectivity index (χ1) is 11.9. The van der Waals surface area contributed by atoms with Crippen LogP contribution >= 0.6 is 0 Å². The van der Waals surface area contributed by atoms with Crippen molar-refractivity contribution in [2.45, 2.75) is 45.5 Å². The van der Waals surface area contributed by atoms with Gasteiger partial charge in [-0.15, -0.1) is 13.2 Å². The van der Waals surface area contributed by atoms with Crippen LogP contribution in [-0.4, -0.2) is 14.8 Å². The molecule has 8 heteroatoms. The van der Waals surface area contributed by atoms with Crippen molar-refractivity contribution in [2.75, 3.05) is 0 Å². The highest BCUT2D eigenvalue weighted by Gasteiger charge is 2.32. The molecule has 0 atom stereocenters. The molecule has 0 aliphatic rings. The Morgan fingerprint density at radius 3 is 2.08 bits per heavy atom. The lowest BCUT2D eigenvalue weighted by Gasteiger charge is -2.17. The monoisotopic (exact) mass is 387 g/mol. The Hall–Kier alpha value is -2.06. The standard InChI is InChI=1S/C18H20F3NO3S/c1-11-9-12(2)14(4)17(13(11)3)26(23,24)22-10-15-7-5-6-8-16(15)25-18(19,20)21/h5-9,22H,10H2,1-4H3. The van der Waals surface area contributed by atoms with Crippen molar-refractivity contribution in [2.24, 2.45) is 0 Å². The van der Waals surface area contributed by atoms with E-state index in [-0.39, 0.29) is 17.0 Å². The van der Waals surface area contributed by atoms with Gasteiger partial charge in [0.15, 0.2) is 0 Å². The molecule has 2 aromatic carbocycles. The van der Waals surface area contributed by atoms with Crippen molar-refractivity contribution >= 4 is 10.0 Å². The van der Waals surface area contributed by atoms with Crippen molar-refractivity contribution in [3.05, 3.63) is 58.1 Å². The van der Waals surface area contributed by atoms with Gasteiger partial charge in [0.05, 0.1) is 4.90 Å². The van der Waals surface area contributed by atoms with E-state index in [1.54, 1.807) is 13.8 Å². The van der Waals surface area contributed by atoms with Crippen molar-refractivity contribution in [3.63, 3.8) is 0 Å². The summed E-state index contributed by atoms with van der Waals surface area (Å²) in [6, 6.07) is 7.32. The predicted octanol–water partition coefficient (Wildman–Crippen LogP) is 4.30. The summed E-state index contributed by atoms with van der Waals surface area (Å²) >= 11 is 0. The Morgan fingerprint density at radius 2 is 1.54 bits per heavy atom. The predicted molar refractivity (Wildman–Crippen MR) is 92.5 cm³/mol. The lowest BCUT2D eigenvalue weighted by atomic mass is 10.0. The fraction of sp³-hybridized carbons (Fsp3) is 0.333. The molecular formula is C18H20F3NO3S. The van der Waals surface area contributed by atoms with Gasteiger partial charge in [-0.25, -0.2) is 13.1 Å². The zero-order valence-corrected chi connectivity index (χ0v) is 15.7. The fourth-order valence-electron chi connectivity index (χ4n) is 2.70. The number of para-hydroxylation sites is 1. The number of sulfonamides is 1. The molecule has 0 aliphatic heterocycles. The molecule has 0 aromatic heterocycles. The number of nitrogens with one attached hydrogen (secondary N) is 1. The molecule has 0 saturated heterocycles. The van der Waals surface area contributed by atoms with Gasteiger partial charge < -0.3 is 4.74 Å². The van der Waals surface area contributed by atoms with Gasteiger partial charge in [0.2, 0.25) is 10.0 Å². The Kier molecular flexibility index (Phi) is 5.67. The molecule has 2 aromatic rings. The quantitative estimate of drug-likeness (QED) is 0.832. The summed E-state index contributed by atoms with van der Waals surface area (Å²) in [6.45, 7) is 6.72. The minimum atomic E-state index is -4.85. The van der Waals surface area contributed by atoms with E-state index < -0.39 is 22.1 Å². The van der Waals surface area contributed by atoms with Gasteiger partial charge in [-0.3, -0.25) is 0 Å². The minimum absolute atomic E-state index is 0.0908. The molecular weight excluding hydrogens is 367 g/mol. The molecule has 4 nitrogen and oxygen atoms in total. The first-order valence-electron chi connectivity index (χ1n) is 7.83. The topological polar surface area (TPSA) is 55.4 Å². The van der Waals surface area contributed by atoms with Crippen LogP contribution in [0.4, 0.5) is 13.2 Å². The maximum absolute atomic E-state index is 12.8. The van der Waals surface area contributed by atoms with Gasteiger partial charge in [-0.2, -0.15) is 0 Å². The van der Waals surface area contributed by atoms with Gasteiger partial charge in [0.1, 0.15) is 5.75 Å². The Balaban J connectivity index is 2.34. The van der Waals surface area contributed by atoms with Gasteiger partial charge in [0, 0.05) is 12.1 Å². The normalized spacial score (nSPS) is 12.3. The third-order valence-corrected chi connectivity index (χ3v) is 5.89. The van der Waals surface area contributed by atoms with Crippen LogP contribution in [0.25, 0.3) is 0 Å². The number of hydrogen-bond acceptors (Lipinski definition) is 3. The zero-order chi connectivity index (χ0) is 19.7. The number of hydrogen-bond donors (Lipinski definition) is 1. The number of halogens is 3. The Morgan fingerprint density at radius 1 is 1.00 bits per heavy atom. The van der Waals surface area contributed by atoms with Crippen LogP contribution in [0.2, 0.25) is 0 Å². The summed E-state index contributed by atoms with van der Waals surface area (Å²) in [5, 5.41) is 0. The van der Waals surface area contributed by atoms with E-state index in [0.29, 0.717) is 11.1 Å². The van der Waals surface area contributed by atoms with Crippen molar-refractivity contribution in [3.8, 4) is 5.75 Å². The molecule has 0 radical (unpaired) electrons. The van der Waals surface area contributed by atoms with Crippen LogP contribution in [-0.2, 0) is 16.6 Å². The Labute approximate surface area is 151 Å². The highest BCUT2D eigenvalue weighted by Crippen LogP contribution is 2.28. The smallest absolute Gasteiger partial charge is 0.405 e. The SMILES string of the molecule is Cc1cc(C)c(C)c(S(=O)(=O)NCc2ccccc2OC(F)(F)F)c1C. The molecule has 0 aliphatic carbocycles. The lowest BCUT2D eigenvalue weighted by molar-refractivity contribution is -0.274. The maximum atomic E-state index is 12.8. The van der Waals surface area contributed by atoms with Crippen LogP contribution < -0.4 is 9.46 Å². The van der Waals surface area contributed by atoms with E-state index in [9.17, 15) is 21.6 Å². The van der Waals surface area contributed by atoms with Gasteiger partial charge in [0.25, 0.3) is 0 Å². The molecule has 26 heavy (non-hydrogen) atoms. The third-order valence-electron chi connectivity index (χ3n) is 4.22. The Bertz CT molecular complexity index is 896. The summed E-state index contributed by atoms with van der Waals surface area (Å²) in [5.74, 6) is -0.434. The molecule has 0 amide bonds. The van der Waals surface area contributed by atoms with Gasteiger partial charge in [-0.1, -0.05) is 24.3 Å². The number of benzene rings is 2. The van der Waals surface area contributed by atoms with E-state index in [2.05, 4.69) is 9.46 Å². The molecule has 0 saturated carbocycles. The average Bonchev–Trinajstić information content (AvgIpc) is 2.51. The highest BCUT2D eigenvalue weighted by atomic mass is 32.2. The largest absolute Gasteiger partial charge is 0.573 e. The van der Waals surface area contributed by atoms with Crippen LogP contribution in [0.1, 0.15) is 27.8 Å². The number of ether oxygens (including phenoxy) is 1. The highest BCUT2D eigenvalue weighted by molar-refractivity contribution is 7.89. The zero-order valence-electron chi connectivity index (χ0n) is 14.9. The second-order valence-corrected chi connectivity index (χ2v) is 7.77. The lowest BCUT2D eigenvalue weighted by Crippen LogP contribution is -2.26. The summed E-state index contributed by atoms with van der Waals surface area (Å²) in [5.41, 5.74) is 2.97. The van der Waals surface area contributed by atoms with Crippen molar-refractivity contribution in [1.82, 2.24) is 4.72 Å². The molecule has 142 valence electrons. The average molecular weight is 387 g/mol. The number of alkyl halides is 3. The summed E-state index contributed by atoms with van der Waals surface area (Å²) < 4.78 is 69.4. The van der Waals surface area contributed by atoms with Crippen LogP contribution in [0.5, 0.6) is 5.75 Å². The van der Waals surface area contributed by atoms with Crippen molar-refractivity contribution in [1.29, 1.82) is 0 Å². The second kappa shape index (κ2) is 7.28. The molecule has 0 spiro atoms. The molecule has 0 unspecified atom stereocenters. The first-order valence-corrected chi connectivity index (χ1v) is 9.31. The van der Waals surface area contributed by atoms with E-state index >= 15 is 0 Å². The van der Waals surface area contributed by atoms with Gasteiger partial charge in [-0.05, 0) is 56.0 Å². The van der Waals surface area contributed by atoms with E-state index in [1.165, 1.54) is 18.2 Å². The molecule has 0 bridgehead atoms. The maximum Gasteiger partial charge on any atom is 0.573 e. The fourth-order valence-corrected chi connectivity index (χ4v) is 4.32. The summed E-state index contributed by atoms with van der Waals surface area (Å²) in [6.07, 6.45) is -4.85. The van der Waals surface area contributed by atoms with E-state index in [0.717, 1.165) is 17.2 Å². The second-order valence-electron chi connectivity index (χ2n) is 6.07. The molecule has 2 rings (SSSR count). The summed E-state index contributed by atoms with van der Waals surface area (Å²) in [4.78, 5) is 0.157. The number of rotatable bonds is 5. The van der Waals surface area contributed by atoms with Crippen LogP contribution in [0, 0.1) is 27.7 Å². The van der Waals surface area contributed by atoms with E-state index in [1.807, 2.05) is 19.9 Å². The molecule has 0 fully saturated rings. The van der Waals surface area contributed by atoms with Crippen molar-refractivity contribution < 1.29 is 26.3 Å². The molecule has 0 heterocycles.